The minimum atomic E-state index is -1.13. The van der Waals surface area contributed by atoms with Gasteiger partial charge in [-0.3, -0.25) is 9.59 Å². The highest BCUT2D eigenvalue weighted by Crippen LogP contribution is 2.35. The molecule has 5 rings (SSSR count). The van der Waals surface area contributed by atoms with Crippen LogP contribution in [-0.2, 0) is 16.1 Å². The number of nitrogens with zero attached hydrogens (tertiary/aromatic N) is 3. The summed E-state index contributed by atoms with van der Waals surface area (Å²) in [5.74, 6) is -0.271. The van der Waals surface area contributed by atoms with Gasteiger partial charge in [-0.15, -0.1) is 0 Å². The number of nitrogens with one attached hydrogen (secondary N) is 1. The maximum absolute atomic E-state index is 14.5. The van der Waals surface area contributed by atoms with Crippen molar-refractivity contribution < 1.29 is 23.5 Å². The van der Waals surface area contributed by atoms with Crippen molar-refractivity contribution in [3.05, 3.63) is 107 Å². The van der Waals surface area contributed by atoms with Gasteiger partial charge in [-0.05, 0) is 62.2 Å². The summed E-state index contributed by atoms with van der Waals surface area (Å²) in [4.78, 5) is 38.2. The minimum Gasteiger partial charge on any atom is -0.454 e. The molecule has 10 heteroatoms. The van der Waals surface area contributed by atoms with Crippen LogP contribution in [0.3, 0.4) is 0 Å². The third-order valence-corrected chi connectivity index (χ3v) is 7.28. The van der Waals surface area contributed by atoms with Gasteiger partial charge in [0.25, 0.3) is 5.91 Å². The van der Waals surface area contributed by atoms with Gasteiger partial charge in [0, 0.05) is 29.7 Å². The van der Waals surface area contributed by atoms with Gasteiger partial charge >= 0.3 is 0 Å². The minimum absolute atomic E-state index is 0.0160. The maximum atomic E-state index is 14.5. The number of ether oxygens (including phenoxy) is 2. The van der Waals surface area contributed by atoms with Gasteiger partial charge in [0.1, 0.15) is 11.9 Å². The van der Waals surface area contributed by atoms with Crippen molar-refractivity contribution in [1.82, 2.24) is 14.9 Å². The molecule has 1 aliphatic rings. The number of aromatic nitrogens is 2. The lowest BCUT2D eigenvalue weighted by Crippen LogP contribution is -2.42. The van der Waals surface area contributed by atoms with E-state index in [0.29, 0.717) is 27.9 Å². The van der Waals surface area contributed by atoms with Gasteiger partial charge < -0.3 is 19.7 Å². The molecule has 0 saturated carbocycles. The van der Waals surface area contributed by atoms with Crippen LogP contribution in [0.25, 0.3) is 0 Å². The molecule has 1 aromatic heterocycles. The topological polar surface area (TPSA) is 93.7 Å². The Hall–Kier alpha value is -4.44. The zero-order valence-corrected chi connectivity index (χ0v) is 23.7. The molecule has 0 radical (unpaired) electrons. The first kappa shape index (κ1) is 28.1. The summed E-state index contributed by atoms with van der Waals surface area (Å²) >= 11 is 1.19. The number of halogens is 1. The molecule has 0 saturated heterocycles. The predicted molar refractivity (Wildman–Crippen MR) is 154 cm³/mol. The van der Waals surface area contributed by atoms with Gasteiger partial charge in [-0.25, -0.2) is 14.4 Å². The number of hydrogen-bond donors (Lipinski definition) is 1. The van der Waals surface area contributed by atoms with E-state index in [1.54, 1.807) is 24.3 Å². The number of carbonyl (C=O) groups is 2. The summed E-state index contributed by atoms with van der Waals surface area (Å²) in [6.45, 7) is 5.93. The second kappa shape index (κ2) is 12.4. The Morgan fingerprint density at radius 1 is 0.951 bits per heavy atom. The second-order valence-electron chi connectivity index (χ2n) is 9.74. The Kier molecular flexibility index (Phi) is 8.49. The molecule has 2 heterocycles. The van der Waals surface area contributed by atoms with Gasteiger partial charge in [0.15, 0.2) is 16.7 Å². The highest BCUT2D eigenvalue weighted by Gasteiger charge is 2.32. The van der Waals surface area contributed by atoms with Gasteiger partial charge in [-0.1, -0.05) is 53.7 Å². The van der Waals surface area contributed by atoms with Gasteiger partial charge in [0.2, 0.25) is 12.7 Å². The molecule has 1 N–H and O–H groups in total. The Morgan fingerprint density at radius 2 is 1.68 bits per heavy atom. The first-order valence-electron chi connectivity index (χ1n) is 13.0. The number of hydrogen-bond acceptors (Lipinski definition) is 7. The Bertz CT molecular complexity index is 1560. The van der Waals surface area contributed by atoms with Crippen LogP contribution in [0, 0.1) is 26.6 Å². The third kappa shape index (κ3) is 7.01. The molecule has 0 fully saturated rings. The molecular formula is C31H29FN4O4S. The number of anilines is 1. The molecular weight excluding hydrogens is 543 g/mol. The van der Waals surface area contributed by atoms with Crippen LogP contribution in [-0.4, -0.2) is 39.2 Å². The maximum Gasteiger partial charge on any atom is 0.251 e. The fraction of sp³-hybridized carbons (Fsp3) is 0.226. The van der Waals surface area contributed by atoms with Crippen LogP contribution < -0.4 is 14.8 Å². The van der Waals surface area contributed by atoms with Crippen LogP contribution in [0.15, 0.2) is 78.0 Å². The smallest absolute Gasteiger partial charge is 0.251 e. The van der Waals surface area contributed by atoms with E-state index in [4.69, 9.17) is 9.47 Å². The molecule has 4 aromatic rings. The highest BCUT2D eigenvalue weighted by atomic mass is 32.2. The predicted octanol–water partition coefficient (Wildman–Crippen LogP) is 5.77. The Balaban J connectivity index is 1.49. The zero-order valence-electron chi connectivity index (χ0n) is 22.9. The Morgan fingerprint density at radius 3 is 2.41 bits per heavy atom. The fourth-order valence-electron chi connectivity index (χ4n) is 4.52. The van der Waals surface area contributed by atoms with E-state index in [1.807, 2.05) is 51.1 Å². The first-order valence-corrected chi connectivity index (χ1v) is 14.0. The Labute approximate surface area is 241 Å². The first-order chi connectivity index (χ1) is 19.7. The lowest BCUT2D eigenvalue weighted by Gasteiger charge is -2.31. The number of aryl methyl sites for hydroxylation is 3. The van der Waals surface area contributed by atoms with E-state index in [-0.39, 0.29) is 25.0 Å². The second-order valence-corrected chi connectivity index (χ2v) is 10.7. The largest absolute Gasteiger partial charge is 0.454 e. The van der Waals surface area contributed by atoms with Gasteiger partial charge in [-0.2, -0.15) is 0 Å². The quantitative estimate of drug-likeness (QED) is 0.201. The number of amides is 2. The normalized spacial score (nSPS) is 12.6. The average Bonchev–Trinajstić information content (AvgIpc) is 3.40. The van der Waals surface area contributed by atoms with Crippen molar-refractivity contribution in [2.45, 2.75) is 38.5 Å². The number of thioether (sulfide) groups is 1. The van der Waals surface area contributed by atoms with Crippen LogP contribution in [0.1, 0.15) is 34.1 Å². The molecule has 8 nitrogen and oxygen atoms in total. The summed E-state index contributed by atoms with van der Waals surface area (Å²) in [5.41, 5.74) is 4.29. The van der Waals surface area contributed by atoms with Crippen LogP contribution >= 0.6 is 11.8 Å². The number of rotatable bonds is 9. The molecule has 0 aliphatic carbocycles. The van der Waals surface area contributed by atoms with Crippen molar-refractivity contribution in [1.29, 1.82) is 0 Å². The lowest BCUT2D eigenvalue weighted by atomic mass is 10.0. The summed E-state index contributed by atoms with van der Waals surface area (Å²) in [6, 6.07) is 19.2. The average molecular weight is 573 g/mol. The summed E-state index contributed by atoms with van der Waals surface area (Å²) in [5, 5.41) is 3.36. The molecule has 3 aromatic carbocycles. The summed E-state index contributed by atoms with van der Waals surface area (Å²) < 4.78 is 25.3. The fourth-order valence-corrected chi connectivity index (χ4v) is 5.35. The molecule has 210 valence electrons. The highest BCUT2D eigenvalue weighted by molar-refractivity contribution is 7.99. The molecule has 0 unspecified atom stereocenters. The lowest BCUT2D eigenvalue weighted by molar-refractivity contribution is -0.137. The zero-order chi connectivity index (χ0) is 28.9. The van der Waals surface area contributed by atoms with Crippen molar-refractivity contribution >= 4 is 29.3 Å². The summed E-state index contributed by atoms with van der Waals surface area (Å²) in [6.07, 6.45) is 0. The van der Waals surface area contributed by atoms with Crippen molar-refractivity contribution in [3.8, 4) is 11.5 Å². The molecule has 2 amide bonds. The standard InChI is InChI=1S/C31H29FN4O4S/c1-19-7-9-22(10-8-19)16-36(28(37)17-41-31-33-20(2)13-21(3)34-31)29(23-5-4-6-24(32)14-23)30(38)35-25-11-12-26-27(15-25)40-18-39-26/h4-15,29H,16-18H2,1-3H3,(H,35,38)/t29-/m1/s1. The molecule has 1 aliphatic heterocycles. The monoisotopic (exact) mass is 572 g/mol. The number of fused-ring (bicyclic) bond motifs is 1. The van der Waals surface area contributed by atoms with Crippen LogP contribution in [0.5, 0.6) is 11.5 Å². The van der Waals surface area contributed by atoms with E-state index in [9.17, 15) is 14.0 Å². The van der Waals surface area contributed by atoms with Crippen molar-refractivity contribution in [2.75, 3.05) is 17.9 Å². The molecule has 41 heavy (non-hydrogen) atoms. The molecule has 1 atom stereocenters. The van der Waals surface area contributed by atoms with E-state index in [2.05, 4.69) is 15.3 Å². The van der Waals surface area contributed by atoms with Crippen molar-refractivity contribution in [2.24, 2.45) is 0 Å². The third-order valence-electron chi connectivity index (χ3n) is 6.44. The SMILES string of the molecule is Cc1ccc(CN(C(=O)CSc2nc(C)cc(C)n2)[C@@H](C(=O)Nc2ccc3c(c2)OCO3)c2cccc(F)c2)cc1. The van der Waals surface area contributed by atoms with E-state index in [1.165, 1.54) is 34.9 Å². The molecule has 0 spiro atoms. The van der Waals surface area contributed by atoms with E-state index < -0.39 is 17.8 Å². The number of benzene rings is 3. The van der Waals surface area contributed by atoms with Crippen LogP contribution in [0.2, 0.25) is 0 Å². The van der Waals surface area contributed by atoms with E-state index >= 15 is 0 Å². The molecule has 0 bridgehead atoms. The van der Waals surface area contributed by atoms with E-state index in [0.717, 1.165) is 22.5 Å². The van der Waals surface area contributed by atoms with Gasteiger partial charge in [0.05, 0.1) is 5.75 Å². The van der Waals surface area contributed by atoms with Crippen LogP contribution in [0.4, 0.5) is 10.1 Å². The number of carbonyl (C=O) groups excluding carboxylic acids is 2. The summed E-state index contributed by atoms with van der Waals surface area (Å²) in [7, 11) is 0. The van der Waals surface area contributed by atoms with Crippen molar-refractivity contribution in [3.63, 3.8) is 0 Å².